The summed E-state index contributed by atoms with van der Waals surface area (Å²) >= 11 is 7.15. The average Bonchev–Trinajstić information content (AvgIpc) is 2.96. The van der Waals surface area contributed by atoms with Crippen molar-refractivity contribution in [3.63, 3.8) is 0 Å². The van der Waals surface area contributed by atoms with Gasteiger partial charge >= 0.3 is 0 Å². The molecule has 3 rings (SSSR count). The lowest BCUT2D eigenvalue weighted by Crippen LogP contribution is -2.13. The van der Waals surface area contributed by atoms with E-state index in [4.69, 9.17) is 11.6 Å². The molecule has 0 radical (unpaired) electrons. The zero-order chi connectivity index (χ0) is 19.9. The summed E-state index contributed by atoms with van der Waals surface area (Å²) in [4.78, 5) is 37.2. The molecule has 0 unspecified atom stereocenters. The minimum atomic E-state index is -0.879. The van der Waals surface area contributed by atoms with Crippen LogP contribution in [0.3, 0.4) is 0 Å². The minimum Gasteiger partial charge on any atom is -0.298 e. The number of aromatic nitrogens is 1. The summed E-state index contributed by atoms with van der Waals surface area (Å²) in [5, 5.41) is 24.4. The molecule has 9 nitrogen and oxygen atoms in total. The number of nitro groups is 2. The summed E-state index contributed by atoms with van der Waals surface area (Å²) < 4.78 is 0.860. The molecule has 0 aliphatic rings. The first-order valence-corrected chi connectivity index (χ1v) is 8.68. The normalized spacial score (nSPS) is 10.8. The van der Waals surface area contributed by atoms with Gasteiger partial charge in [-0.05, 0) is 31.0 Å². The predicted molar refractivity (Wildman–Crippen MR) is 102 cm³/mol. The molecule has 0 spiro atoms. The molecule has 0 fully saturated rings. The van der Waals surface area contributed by atoms with Gasteiger partial charge in [0.1, 0.15) is 5.02 Å². The Balaban J connectivity index is 2.02. The van der Waals surface area contributed by atoms with Crippen molar-refractivity contribution >= 4 is 55.6 Å². The van der Waals surface area contributed by atoms with Crippen LogP contribution in [0, 0.1) is 34.1 Å². The monoisotopic (exact) mass is 406 g/mol. The van der Waals surface area contributed by atoms with E-state index in [9.17, 15) is 25.0 Å². The van der Waals surface area contributed by atoms with Crippen molar-refractivity contribution in [2.45, 2.75) is 13.8 Å². The third-order valence-electron chi connectivity index (χ3n) is 3.74. The number of halogens is 1. The van der Waals surface area contributed by atoms with Crippen molar-refractivity contribution in [2.75, 3.05) is 5.32 Å². The molecule has 11 heteroatoms. The highest BCUT2D eigenvalue weighted by atomic mass is 35.5. The summed E-state index contributed by atoms with van der Waals surface area (Å²) in [5.41, 5.74) is 1.00. The van der Waals surface area contributed by atoms with Crippen molar-refractivity contribution in [3.05, 3.63) is 66.2 Å². The highest BCUT2D eigenvalue weighted by Gasteiger charge is 2.26. The first kappa shape index (κ1) is 18.7. The van der Waals surface area contributed by atoms with Gasteiger partial charge in [0.05, 0.1) is 31.7 Å². The third kappa shape index (κ3) is 3.57. The SMILES string of the molecule is Cc1cc(C)c2nc(NC(=O)c3cc([N+](=O)[O-])cc([N+](=O)[O-])c3Cl)sc2c1. The molecule has 1 amide bonds. The lowest BCUT2D eigenvalue weighted by Gasteiger charge is -2.05. The van der Waals surface area contributed by atoms with Gasteiger partial charge in [-0.2, -0.15) is 0 Å². The molecule has 0 aliphatic carbocycles. The van der Waals surface area contributed by atoms with Gasteiger partial charge in [-0.15, -0.1) is 0 Å². The number of hydrogen-bond donors (Lipinski definition) is 1. The highest BCUT2D eigenvalue weighted by Crippen LogP contribution is 2.34. The van der Waals surface area contributed by atoms with Crippen LogP contribution in [0.4, 0.5) is 16.5 Å². The molecular formula is C16H11ClN4O5S. The molecule has 3 aromatic rings. The van der Waals surface area contributed by atoms with E-state index in [1.54, 1.807) is 0 Å². The zero-order valence-electron chi connectivity index (χ0n) is 14.0. The van der Waals surface area contributed by atoms with E-state index in [2.05, 4.69) is 10.3 Å². The van der Waals surface area contributed by atoms with Crippen LogP contribution in [0.2, 0.25) is 5.02 Å². The van der Waals surface area contributed by atoms with Crippen molar-refractivity contribution in [3.8, 4) is 0 Å². The number of hydrogen-bond acceptors (Lipinski definition) is 7. The molecule has 2 aromatic carbocycles. The number of anilines is 1. The number of nitrogens with zero attached hydrogens (tertiary/aromatic N) is 3. The van der Waals surface area contributed by atoms with E-state index in [-0.39, 0.29) is 10.7 Å². The number of thiazole rings is 1. The Morgan fingerprint density at radius 3 is 2.48 bits per heavy atom. The number of nitrogens with one attached hydrogen (secondary N) is 1. The van der Waals surface area contributed by atoms with Crippen molar-refractivity contribution < 1.29 is 14.6 Å². The lowest BCUT2D eigenvalue weighted by molar-refractivity contribution is -0.394. The van der Waals surface area contributed by atoms with Crippen LogP contribution in [0.5, 0.6) is 0 Å². The first-order chi connectivity index (χ1) is 12.7. The Labute approximate surface area is 160 Å². The molecule has 1 N–H and O–H groups in total. The number of carbonyl (C=O) groups excluding carboxylic acids is 1. The fourth-order valence-corrected chi connectivity index (χ4v) is 3.89. The smallest absolute Gasteiger partial charge is 0.295 e. The van der Waals surface area contributed by atoms with Crippen molar-refractivity contribution in [1.29, 1.82) is 0 Å². The van der Waals surface area contributed by atoms with Crippen LogP contribution >= 0.6 is 22.9 Å². The van der Waals surface area contributed by atoms with Gasteiger partial charge in [0.15, 0.2) is 5.13 Å². The number of carbonyl (C=O) groups is 1. The molecule has 0 atom stereocenters. The van der Waals surface area contributed by atoms with Crippen LogP contribution in [0.1, 0.15) is 21.5 Å². The standard InChI is InChI=1S/C16H11ClN4O5S/c1-7-3-8(2)14-12(4-7)27-16(18-14)19-15(22)10-5-9(20(23)24)6-11(13(10)17)21(25)26/h3-6H,1-2H3,(H,18,19,22). The predicted octanol–water partition coefficient (Wildman–Crippen LogP) is 4.64. The number of nitro benzene ring substituents is 2. The molecule has 0 bridgehead atoms. The Kier molecular flexibility index (Phi) is 4.77. The van der Waals surface area contributed by atoms with E-state index in [0.29, 0.717) is 6.07 Å². The van der Waals surface area contributed by atoms with Gasteiger partial charge < -0.3 is 0 Å². The Bertz CT molecular complexity index is 1130. The number of benzene rings is 2. The van der Waals surface area contributed by atoms with Gasteiger partial charge in [0, 0.05) is 6.07 Å². The van der Waals surface area contributed by atoms with Gasteiger partial charge in [0.25, 0.3) is 17.3 Å². The topological polar surface area (TPSA) is 128 Å². The van der Waals surface area contributed by atoms with Crippen molar-refractivity contribution in [2.24, 2.45) is 0 Å². The van der Waals surface area contributed by atoms with Crippen molar-refractivity contribution in [1.82, 2.24) is 4.98 Å². The molecule has 138 valence electrons. The van der Waals surface area contributed by atoms with Gasteiger partial charge in [-0.1, -0.05) is 29.0 Å². The summed E-state index contributed by atoms with van der Waals surface area (Å²) in [6, 6.07) is 5.48. The number of aryl methyl sites for hydroxylation is 2. The Morgan fingerprint density at radius 2 is 1.85 bits per heavy atom. The maximum absolute atomic E-state index is 12.5. The molecule has 1 aromatic heterocycles. The van der Waals surface area contributed by atoms with E-state index >= 15 is 0 Å². The molecule has 0 saturated heterocycles. The average molecular weight is 407 g/mol. The molecule has 27 heavy (non-hydrogen) atoms. The van der Waals surface area contributed by atoms with E-state index in [1.165, 1.54) is 11.3 Å². The molecule has 0 aliphatic heterocycles. The van der Waals surface area contributed by atoms with E-state index in [0.717, 1.165) is 27.4 Å². The Morgan fingerprint density at radius 1 is 1.15 bits per heavy atom. The summed E-state index contributed by atoms with van der Waals surface area (Å²) in [6.07, 6.45) is 0. The number of fused-ring (bicyclic) bond motifs is 1. The summed E-state index contributed by atoms with van der Waals surface area (Å²) in [6.45, 7) is 3.83. The summed E-state index contributed by atoms with van der Waals surface area (Å²) in [5.74, 6) is -0.819. The Hall–Kier alpha value is -3.11. The molecule has 0 saturated carbocycles. The van der Waals surface area contributed by atoms with Crippen LogP contribution < -0.4 is 5.32 Å². The maximum atomic E-state index is 12.5. The third-order valence-corrected chi connectivity index (χ3v) is 5.06. The summed E-state index contributed by atoms with van der Waals surface area (Å²) in [7, 11) is 0. The maximum Gasteiger partial charge on any atom is 0.295 e. The van der Waals surface area contributed by atoms with Crippen LogP contribution in [-0.4, -0.2) is 20.7 Å². The van der Waals surface area contributed by atoms with Gasteiger partial charge in [-0.3, -0.25) is 30.3 Å². The highest BCUT2D eigenvalue weighted by molar-refractivity contribution is 7.22. The number of rotatable bonds is 4. The van der Waals surface area contributed by atoms with E-state index in [1.807, 2.05) is 26.0 Å². The zero-order valence-corrected chi connectivity index (χ0v) is 15.6. The fourth-order valence-electron chi connectivity index (χ4n) is 2.59. The molecular weight excluding hydrogens is 396 g/mol. The quantitative estimate of drug-likeness (QED) is 0.496. The number of amides is 1. The second-order valence-electron chi connectivity index (χ2n) is 5.74. The van der Waals surface area contributed by atoms with E-state index < -0.39 is 32.2 Å². The lowest BCUT2D eigenvalue weighted by atomic mass is 10.1. The van der Waals surface area contributed by atoms with Gasteiger partial charge in [-0.25, -0.2) is 4.98 Å². The number of non-ortho nitro benzene ring substituents is 1. The molecule has 1 heterocycles. The minimum absolute atomic E-state index is 0.258. The first-order valence-electron chi connectivity index (χ1n) is 7.49. The van der Waals surface area contributed by atoms with Crippen LogP contribution in [0.15, 0.2) is 24.3 Å². The second kappa shape index (κ2) is 6.89. The second-order valence-corrected chi connectivity index (χ2v) is 7.15. The van der Waals surface area contributed by atoms with Crippen LogP contribution in [0.25, 0.3) is 10.2 Å². The van der Waals surface area contributed by atoms with Gasteiger partial charge in [0.2, 0.25) is 0 Å². The largest absolute Gasteiger partial charge is 0.298 e. The van der Waals surface area contributed by atoms with Crippen LogP contribution in [-0.2, 0) is 0 Å². The fraction of sp³-hybridized carbons (Fsp3) is 0.125.